The highest BCUT2D eigenvalue weighted by atomic mass is 16.6. The molecule has 2 heterocycles. The summed E-state index contributed by atoms with van der Waals surface area (Å²) in [6.45, 7) is 3.15. The smallest absolute Gasteiger partial charge is 0.0916 e. The zero-order valence-electron chi connectivity index (χ0n) is 11.7. The maximum absolute atomic E-state index is 5.44. The maximum atomic E-state index is 5.44. The summed E-state index contributed by atoms with van der Waals surface area (Å²) in [5.74, 6) is 0. The van der Waals surface area contributed by atoms with E-state index in [0.717, 1.165) is 19.8 Å². The van der Waals surface area contributed by atoms with Gasteiger partial charge in [-0.3, -0.25) is 0 Å². The molecular weight excluding hydrogens is 224 g/mol. The fourth-order valence-electron chi connectivity index (χ4n) is 3.93. The van der Waals surface area contributed by atoms with Crippen molar-refractivity contribution in [1.29, 1.82) is 0 Å². The zero-order valence-corrected chi connectivity index (χ0v) is 11.7. The normalized spacial score (nSPS) is 32.0. The van der Waals surface area contributed by atoms with E-state index in [4.69, 9.17) is 9.47 Å². The number of rotatable bonds is 0. The van der Waals surface area contributed by atoms with Gasteiger partial charge in [-0.1, -0.05) is 38.5 Å². The summed E-state index contributed by atoms with van der Waals surface area (Å²) in [6, 6.07) is 0. The number of hydrogen-bond donors (Lipinski definition) is 0. The molecule has 0 atom stereocenters. The minimum absolute atomic E-state index is 0.429. The molecule has 0 amide bonds. The van der Waals surface area contributed by atoms with Gasteiger partial charge < -0.3 is 9.47 Å². The second-order valence-corrected chi connectivity index (χ2v) is 6.90. The number of ether oxygens (including phenoxy) is 2. The largest absolute Gasteiger partial charge is 0.381 e. The van der Waals surface area contributed by atoms with E-state index < -0.39 is 0 Å². The van der Waals surface area contributed by atoms with Crippen LogP contribution < -0.4 is 0 Å². The van der Waals surface area contributed by atoms with Gasteiger partial charge in [0.05, 0.1) is 18.8 Å². The predicted octanol–water partition coefficient (Wildman–Crippen LogP) is 4.08. The van der Waals surface area contributed by atoms with Crippen molar-refractivity contribution in [3.8, 4) is 0 Å². The lowest BCUT2D eigenvalue weighted by Gasteiger charge is -2.31. The second kappa shape index (κ2) is 5.50. The minimum Gasteiger partial charge on any atom is -0.381 e. The van der Waals surface area contributed by atoms with Crippen LogP contribution in [0.25, 0.3) is 0 Å². The molecular formula is C16H28O2. The van der Waals surface area contributed by atoms with Gasteiger partial charge >= 0.3 is 0 Å². The van der Waals surface area contributed by atoms with Crippen LogP contribution >= 0.6 is 0 Å². The summed E-state index contributed by atoms with van der Waals surface area (Å²) >= 11 is 0. The van der Waals surface area contributed by atoms with Crippen molar-refractivity contribution in [3.63, 3.8) is 0 Å². The Kier molecular flexibility index (Phi) is 3.95. The molecule has 2 nitrogen and oxygen atoms in total. The predicted molar refractivity (Wildman–Crippen MR) is 72.7 cm³/mol. The Balaban J connectivity index is 0.000000114. The van der Waals surface area contributed by atoms with Gasteiger partial charge in [-0.05, 0) is 37.5 Å². The van der Waals surface area contributed by atoms with Gasteiger partial charge in [0.2, 0.25) is 0 Å². The van der Waals surface area contributed by atoms with E-state index in [-0.39, 0.29) is 0 Å². The van der Waals surface area contributed by atoms with Crippen LogP contribution in [0.1, 0.15) is 70.6 Å². The molecule has 0 unspecified atom stereocenters. The zero-order chi connectivity index (χ0) is 12.3. The lowest BCUT2D eigenvalue weighted by atomic mass is 9.74. The topological polar surface area (TPSA) is 21.8 Å². The summed E-state index contributed by atoms with van der Waals surface area (Å²) < 4.78 is 10.8. The van der Waals surface area contributed by atoms with Crippen LogP contribution in [0.4, 0.5) is 0 Å². The third kappa shape index (κ3) is 3.08. The molecule has 104 valence electrons. The molecule has 0 radical (unpaired) electrons. The molecule has 4 rings (SSSR count). The molecule has 0 N–H and O–H groups in total. The van der Waals surface area contributed by atoms with E-state index in [1.807, 2.05) is 0 Å². The van der Waals surface area contributed by atoms with Crippen LogP contribution in [0, 0.1) is 5.41 Å². The lowest BCUT2D eigenvalue weighted by Crippen LogP contribution is -2.23. The van der Waals surface area contributed by atoms with Gasteiger partial charge in [-0.2, -0.15) is 0 Å². The third-order valence-electron chi connectivity index (χ3n) is 5.42. The van der Waals surface area contributed by atoms with Crippen molar-refractivity contribution < 1.29 is 9.47 Å². The van der Waals surface area contributed by atoms with Crippen LogP contribution in [-0.4, -0.2) is 25.4 Å². The highest BCUT2D eigenvalue weighted by Gasteiger charge is 2.44. The molecule has 2 aliphatic carbocycles. The van der Waals surface area contributed by atoms with Gasteiger partial charge in [0, 0.05) is 6.61 Å². The molecule has 0 aromatic rings. The second-order valence-electron chi connectivity index (χ2n) is 6.90. The molecule has 0 aromatic heterocycles. The van der Waals surface area contributed by atoms with Gasteiger partial charge in [0.15, 0.2) is 0 Å². The molecule has 0 aromatic carbocycles. The summed E-state index contributed by atoms with van der Waals surface area (Å²) in [6.07, 6.45) is 15.5. The molecule has 2 aliphatic heterocycles. The molecule has 2 spiro atoms. The van der Waals surface area contributed by atoms with Crippen LogP contribution in [-0.2, 0) is 9.47 Å². The summed E-state index contributed by atoms with van der Waals surface area (Å²) in [7, 11) is 0. The number of hydrogen-bond acceptors (Lipinski definition) is 2. The minimum atomic E-state index is 0.429. The van der Waals surface area contributed by atoms with Crippen molar-refractivity contribution >= 4 is 0 Å². The Morgan fingerprint density at radius 1 is 0.611 bits per heavy atom. The first-order valence-electron chi connectivity index (χ1n) is 8.05. The monoisotopic (exact) mass is 252 g/mol. The fraction of sp³-hybridized carbons (Fsp3) is 1.00. The van der Waals surface area contributed by atoms with E-state index in [0.29, 0.717) is 11.0 Å². The Morgan fingerprint density at radius 3 is 1.67 bits per heavy atom. The van der Waals surface area contributed by atoms with E-state index >= 15 is 0 Å². The molecule has 4 fully saturated rings. The maximum Gasteiger partial charge on any atom is 0.0916 e. The van der Waals surface area contributed by atoms with Gasteiger partial charge in [0.1, 0.15) is 0 Å². The number of epoxide rings is 1. The highest BCUT2D eigenvalue weighted by Crippen LogP contribution is 2.42. The van der Waals surface area contributed by atoms with Crippen LogP contribution in [0.3, 0.4) is 0 Å². The van der Waals surface area contributed by atoms with E-state index in [2.05, 4.69) is 0 Å². The van der Waals surface area contributed by atoms with Crippen molar-refractivity contribution in [2.75, 3.05) is 19.8 Å². The van der Waals surface area contributed by atoms with E-state index in [9.17, 15) is 0 Å². The first-order chi connectivity index (χ1) is 8.83. The third-order valence-corrected chi connectivity index (χ3v) is 5.42. The Labute approximate surface area is 111 Å². The SMILES string of the molecule is C1CCC2(CC1)CCOC2.C1CCC2(CC1)CO2. The molecule has 2 saturated carbocycles. The average molecular weight is 252 g/mol. The first kappa shape index (κ1) is 12.9. The van der Waals surface area contributed by atoms with Gasteiger partial charge in [-0.15, -0.1) is 0 Å². The van der Waals surface area contributed by atoms with E-state index in [1.165, 1.54) is 70.6 Å². The molecule has 18 heavy (non-hydrogen) atoms. The average Bonchev–Trinajstić information content (AvgIpc) is 3.01. The Morgan fingerprint density at radius 2 is 1.22 bits per heavy atom. The van der Waals surface area contributed by atoms with Crippen molar-refractivity contribution in [1.82, 2.24) is 0 Å². The first-order valence-corrected chi connectivity index (χ1v) is 8.05. The van der Waals surface area contributed by atoms with Crippen molar-refractivity contribution in [3.05, 3.63) is 0 Å². The molecule has 2 heteroatoms. The summed E-state index contributed by atoms with van der Waals surface area (Å²) in [5, 5.41) is 0. The Bertz CT molecular complexity index is 248. The van der Waals surface area contributed by atoms with Crippen LogP contribution in [0.2, 0.25) is 0 Å². The fourth-order valence-corrected chi connectivity index (χ4v) is 3.93. The van der Waals surface area contributed by atoms with Crippen molar-refractivity contribution in [2.45, 2.75) is 76.2 Å². The molecule has 0 bridgehead atoms. The summed E-state index contributed by atoms with van der Waals surface area (Å²) in [5.41, 5.74) is 1.08. The standard InChI is InChI=1S/C9H16O.C7H12O/c1-2-4-9(5-3-1)6-7-10-8-9;1-2-4-7(5-3-1)6-8-7/h1-8H2;1-6H2. The van der Waals surface area contributed by atoms with E-state index in [1.54, 1.807) is 0 Å². The Hall–Kier alpha value is -0.0800. The van der Waals surface area contributed by atoms with Crippen LogP contribution in [0.5, 0.6) is 0 Å². The lowest BCUT2D eigenvalue weighted by molar-refractivity contribution is 0.123. The molecule has 2 saturated heterocycles. The van der Waals surface area contributed by atoms with Gasteiger partial charge in [0.25, 0.3) is 0 Å². The van der Waals surface area contributed by atoms with Crippen LogP contribution in [0.15, 0.2) is 0 Å². The van der Waals surface area contributed by atoms with Crippen molar-refractivity contribution in [2.24, 2.45) is 5.41 Å². The van der Waals surface area contributed by atoms with Gasteiger partial charge in [-0.25, -0.2) is 0 Å². The summed E-state index contributed by atoms with van der Waals surface area (Å²) in [4.78, 5) is 0. The quantitative estimate of drug-likeness (QED) is 0.606. The highest BCUT2D eigenvalue weighted by molar-refractivity contribution is 4.93. The molecule has 4 aliphatic rings.